The number of ether oxygens (including phenoxy) is 2. The van der Waals surface area contributed by atoms with Crippen molar-refractivity contribution in [1.82, 2.24) is 14.7 Å². The van der Waals surface area contributed by atoms with Crippen molar-refractivity contribution >= 4 is 0 Å². The number of hydrogen-bond acceptors (Lipinski definition) is 5. The maximum Gasteiger partial charge on any atom is 0.222 e. The van der Waals surface area contributed by atoms with Crippen molar-refractivity contribution in [2.75, 3.05) is 20.2 Å². The molecule has 178 valence electrons. The van der Waals surface area contributed by atoms with Crippen LogP contribution in [0, 0.1) is 11.8 Å². The summed E-state index contributed by atoms with van der Waals surface area (Å²) in [5.41, 5.74) is 2.95. The lowest BCUT2D eigenvalue weighted by atomic mass is 10.0. The Balaban J connectivity index is 2.01. The topological polar surface area (TPSA) is 59.8 Å². The van der Waals surface area contributed by atoms with Gasteiger partial charge in [0.15, 0.2) is 0 Å². The van der Waals surface area contributed by atoms with Gasteiger partial charge < -0.3 is 14.6 Å². The second-order valence-corrected chi connectivity index (χ2v) is 9.30. The van der Waals surface area contributed by atoms with Crippen molar-refractivity contribution in [2.24, 2.45) is 18.9 Å². The molecule has 0 unspecified atom stereocenters. The first kappa shape index (κ1) is 24.8. The number of hydrogen-bond donors (Lipinski definition) is 1. The second-order valence-electron chi connectivity index (χ2n) is 9.30. The molecule has 1 heterocycles. The fourth-order valence-corrected chi connectivity index (χ4v) is 3.82. The summed E-state index contributed by atoms with van der Waals surface area (Å²) in [5.74, 6) is 2.86. The van der Waals surface area contributed by atoms with Gasteiger partial charge in [0.25, 0.3) is 0 Å². The van der Waals surface area contributed by atoms with Gasteiger partial charge in [-0.05, 0) is 36.1 Å². The Morgan fingerprint density at radius 1 is 0.939 bits per heavy atom. The number of rotatable bonds is 11. The van der Waals surface area contributed by atoms with Gasteiger partial charge in [0.1, 0.15) is 17.2 Å². The summed E-state index contributed by atoms with van der Waals surface area (Å²) in [6, 6.07) is 17.7. The van der Waals surface area contributed by atoms with Crippen molar-refractivity contribution in [3.05, 3.63) is 60.2 Å². The summed E-state index contributed by atoms with van der Waals surface area (Å²) < 4.78 is 13.4. The quantitative estimate of drug-likeness (QED) is 0.425. The average molecular weight is 452 g/mol. The molecular weight excluding hydrogens is 414 g/mol. The predicted molar refractivity (Wildman–Crippen MR) is 133 cm³/mol. The van der Waals surface area contributed by atoms with Crippen LogP contribution in [0.5, 0.6) is 17.4 Å². The van der Waals surface area contributed by atoms with Crippen LogP contribution < -0.4 is 9.47 Å². The van der Waals surface area contributed by atoms with E-state index in [1.54, 1.807) is 11.8 Å². The lowest BCUT2D eigenvalue weighted by Gasteiger charge is -2.28. The highest BCUT2D eigenvalue weighted by Gasteiger charge is 2.24. The molecule has 6 nitrogen and oxygen atoms in total. The van der Waals surface area contributed by atoms with Gasteiger partial charge in [-0.2, -0.15) is 5.10 Å². The number of aromatic nitrogens is 2. The van der Waals surface area contributed by atoms with Gasteiger partial charge in [-0.1, -0.05) is 58.0 Å². The Morgan fingerprint density at radius 3 is 2.15 bits per heavy atom. The normalized spacial score (nSPS) is 12.5. The highest BCUT2D eigenvalue weighted by atomic mass is 16.5. The third-order valence-electron chi connectivity index (χ3n) is 5.63. The van der Waals surface area contributed by atoms with Crippen molar-refractivity contribution in [3.63, 3.8) is 0 Å². The summed E-state index contributed by atoms with van der Waals surface area (Å²) in [5, 5.41) is 15.5. The number of aliphatic hydroxyl groups is 1. The van der Waals surface area contributed by atoms with Crippen LogP contribution in [0.2, 0.25) is 0 Å². The molecule has 0 saturated carbocycles. The Hall–Kier alpha value is -2.83. The number of aryl methyl sites for hydroxylation is 1. The van der Waals surface area contributed by atoms with Crippen LogP contribution in [0.1, 0.15) is 33.3 Å². The zero-order valence-electron chi connectivity index (χ0n) is 20.7. The van der Waals surface area contributed by atoms with E-state index in [1.165, 1.54) is 0 Å². The van der Waals surface area contributed by atoms with E-state index in [4.69, 9.17) is 14.6 Å². The molecule has 3 rings (SSSR count). The van der Waals surface area contributed by atoms with Crippen LogP contribution >= 0.6 is 0 Å². The Kier molecular flexibility index (Phi) is 8.53. The maximum absolute atomic E-state index is 10.6. The summed E-state index contributed by atoms with van der Waals surface area (Å²) in [6.07, 6.45) is -0.397. The van der Waals surface area contributed by atoms with Gasteiger partial charge in [-0.3, -0.25) is 4.90 Å². The van der Waals surface area contributed by atoms with E-state index >= 15 is 0 Å². The van der Waals surface area contributed by atoms with Gasteiger partial charge in [-0.25, -0.2) is 4.68 Å². The standard InChI is InChI=1S/C27H37N3O3/c1-19(2)16-30(18-25(31)20(3)4)17-24-26(21-10-8-7-9-11-21)28-29(5)27(24)33-23-14-12-22(32-6)13-15-23/h7-15,19-20,25,31H,16-18H2,1-6H3/t25-/m0/s1. The number of benzene rings is 2. The van der Waals surface area contributed by atoms with Crippen molar-refractivity contribution < 1.29 is 14.6 Å². The predicted octanol–water partition coefficient (Wildman–Crippen LogP) is 5.36. The second kappa shape index (κ2) is 11.3. The summed E-state index contributed by atoms with van der Waals surface area (Å²) in [7, 11) is 3.56. The molecule has 0 aliphatic carbocycles. The lowest BCUT2D eigenvalue weighted by molar-refractivity contribution is 0.0680. The Morgan fingerprint density at radius 2 is 1.58 bits per heavy atom. The first-order valence-electron chi connectivity index (χ1n) is 11.6. The zero-order chi connectivity index (χ0) is 24.0. The highest BCUT2D eigenvalue weighted by molar-refractivity contribution is 5.65. The minimum absolute atomic E-state index is 0.192. The first-order chi connectivity index (χ1) is 15.8. The van der Waals surface area contributed by atoms with Gasteiger partial charge in [0.2, 0.25) is 5.88 Å². The van der Waals surface area contributed by atoms with Crippen LogP contribution in [-0.4, -0.2) is 46.1 Å². The van der Waals surface area contributed by atoms with Crippen LogP contribution in [0.15, 0.2) is 54.6 Å². The fraction of sp³-hybridized carbons (Fsp3) is 0.444. The summed E-state index contributed by atoms with van der Waals surface area (Å²) in [4.78, 5) is 2.31. The average Bonchev–Trinajstić information content (AvgIpc) is 3.09. The first-order valence-corrected chi connectivity index (χ1v) is 11.6. The molecule has 2 aromatic carbocycles. The summed E-state index contributed by atoms with van der Waals surface area (Å²) >= 11 is 0. The smallest absolute Gasteiger partial charge is 0.222 e. The van der Waals surface area contributed by atoms with E-state index in [0.29, 0.717) is 24.9 Å². The van der Waals surface area contributed by atoms with Gasteiger partial charge >= 0.3 is 0 Å². The molecule has 0 aliphatic rings. The van der Waals surface area contributed by atoms with Crippen molar-refractivity contribution in [2.45, 2.75) is 40.3 Å². The highest BCUT2D eigenvalue weighted by Crippen LogP contribution is 2.34. The Bertz CT molecular complexity index is 997. The van der Waals surface area contributed by atoms with E-state index in [-0.39, 0.29) is 5.92 Å². The molecule has 6 heteroatoms. The molecule has 1 aromatic heterocycles. The van der Waals surface area contributed by atoms with Crippen LogP contribution in [0.3, 0.4) is 0 Å². The molecule has 1 atom stereocenters. The minimum atomic E-state index is -0.397. The van der Waals surface area contributed by atoms with E-state index in [0.717, 1.165) is 34.9 Å². The van der Waals surface area contributed by atoms with Crippen LogP contribution in [0.4, 0.5) is 0 Å². The van der Waals surface area contributed by atoms with E-state index in [1.807, 2.05) is 49.5 Å². The van der Waals surface area contributed by atoms with Gasteiger partial charge in [0.05, 0.1) is 18.8 Å². The molecule has 3 aromatic rings. The molecule has 0 fully saturated rings. The van der Waals surface area contributed by atoms with Gasteiger partial charge in [-0.15, -0.1) is 0 Å². The largest absolute Gasteiger partial charge is 0.497 e. The zero-order valence-corrected chi connectivity index (χ0v) is 20.7. The van der Waals surface area contributed by atoms with E-state index in [9.17, 15) is 5.11 Å². The molecule has 0 saturated heterocycles. The minimum Gasteiger partial charge on any atom is -0.497 e. The van der Waals surface area contributed by atoms with E-state index < -0.39 is 6.10 Å². The number of aliphatic hydroxyl groups excluding tert-OH is 1. The molecule has 0 bridgehead atoms. The van der Waals surface area contributed by atoms with Gasteiger partial charge in [0, 0.05) is 32.2 Å². The summed E-state index contributed by atoms with van der Waals surface area (Å²) in [6.45, 7) is 10.6. The molecule has 0 aliphatic heterocycles. The fourth-order valence-electron chi connectivity index (χ4n) is 3.82. The monoisotopic (exact) mass is 451 g/mol. The SMILES string of the molecule is COc1ccc(Oc2c(CN(CC(C)C)C[C@H](O)C(C)C)c(-c3ccccc3)nn2C)cc1. The maximum atomic E-state index is 10.6. The molecule has 33 heavy (non-hydrogen) atoms. The number of nitrogens with zero attached hydrogens (tertiary/aromatic N) is 3. The Labute approximate surface area is 197 Å². The molecule has 0 amide bonds. The molecular formula is C27H37N3O3. The molecule has 1 N–H and O–H groups in total. The number of methoxy groups -OCH3 is 1. The third-order valence-corrected chi connectivity index (χ3v) is 5.63. The van der Waals surface area contributed by atoms with Crippen LogP contribution in [-0.2, 0) is 13.6 Å². The molecule has 0 radical (unpaired) electrons. The van der Waals surface area contributed by atoms with E-state index in [2.05, 4.69) is 44.7 Å². The lowest BCUT2D eigenvalue weighted by Crippen LogP contribution is -2.37. The van der Waals surface area contributed by atoms with Crippen LogP contribution in [0.25, 0.3) is 11.3 Å². The third kappa shape index (κ3) is 6.59. The van der Waals surface area contributed by atoms with Crippen molar-refractivity contribution in [3.8, 4) is 28.6 Å². The van der Waals surface area contributed by atoms with Crippen molar-refractivity contribution in [1.29, 1.82) is 0 Å². The molecule has 0 spiro atoms.